The standard InChI is InChI=1S/2C19H13O.Ba/c2*1-2-8-14(9-3-1)19-15-10-4-6-12-17(15)20-18-13-7-5-11-16(18)19;/h2*1-10,12-13,19H;/q2*-1;+2. The first kappa shape index (κ1) is 27.7. The predicted octanol–water partition coefficient (Wildman–Crippen LogP) is 9.16. The second kappa shape index (κ2) is 12.6. The number of ether oxygens (including phenoxy) is 2. The van der Waals surface area contributed by atoms with Crippen molar-refractivity contribution in [2.75, 3.05) is 0 Å². The van der Waals surface area contributed by atoms with Crippen LogP contribution in [0.5, 0.6) is 23.0 Å². The summed E-state index contributed by atoms with van der Waals surface area (Å²) in [5, 5.41) is 0. The molecule has 2 nitrogen and oxygen atoms in total. The van der Waals surface area contributed by atoms with E-state index in [0.29, 0.717) is 0 Å². The molecule has 0 radical (unpaired) electrons. The molecule has 0 fully saturated rings. The fourth-order valence-electron chi connectivity index (χ4n) is 5.65. The van der Waals surface area contributed by atoms with E-state index in [2.05, 4.69) is 84.9 Å². The number of fused-ring (bicyclic) bond motifs is 4. The fraction of sp³-hybridized carbons (Fsp3) is 0.0526. The number of hydrogen-bond acceptors (Lipinski definition) is 2. The average Bonchev–Trinajstić information content (AvgIpc) is 3.03. The summed E-state index contributed by atoms with van der Waals surface area (Å²) in [4.78, 5) is 0. The van der Waals surface area contributed by atoms with Gasteiger partial charge in [-0.2, -0.15) is 36.4 Å². The number of benzene rings is 6. The van der Waals surface area contributed by atoms with Gasteiger partial charge in [-0.25, -0.2) is 0 Å². The SMILES string of the molecule is [Ba+2].[c-]1cccc2c1C(c1ccccc1)c1ccccc1O2.[c-]1cccc2c1C(c1ccccc1)c1ccccc1O2. The minimum Gasteiger partial charge on any atom is -0.516 e. The molecule has 2 aliphatic rings. The smallest absolute Gasteiger partial charge is 0.516 e. The van der Waals surface area contributed by atoms with Crippen LogP contribution in [0, 0.1) is 12.1 Å². The largest absolute Gasteiger partial charge is 2.00 e. The van der Waals surface area contributed by atoms with Crippen molar-refractivity contribution in [2.24, 2.45) is 0 Å². The minimum atomic E-state index is 0. The topological polar surface area (TPSA) is 18.5 Å². The summed E-state index contributed by atoms with van der Waals surface area (Å²) in [5.74, 6) is 4.07. The Hall–Kier alpha value is -3.51. The summed E-state index contributed by atoms with van der Waals surface area (Å²) >= 11 is 0. The zero-order chi connectivity index (χ0) is 26.7. The molecule has 3 heteroatoms. The van der Waals surface area contributed by atoms with Crippen molar-refractivity contribution in [2.45, 2.75) is 11.8 Å². The van der Waals surface area contributed by atoms with E-state index >= 15 is 0 Å². The van der Waals surface area contributed by atoms with Crippen LogP contribution in [0.4, 0.5) is 0 Å². The van der Waals surface area contributed by atoms with Gasteiger partial charge in [0.25, 0.3) is 0 Å². The summed E-state index contributed by atoms with van der Waals surface area (Å²) in [6.07, 6.45) is 0. The predicted molar refractivity (Wildman–Crippen MR) is 164 cm³/mol. The quantitative estimate of drug-likeness (QED) is 0.137. The van der Waals surface area contributed by atoms with Crippen molar-refractivity contribution in [3.8, 4) is 23.0 Å². The third-order valence-electron chi connectivity index (χ3n) is 7.44. The fourth-order valence-corrected chi connectivity index (χ4v) is 5.65. The van der Waals surface area contributed by atoms with Gasteiger partial charge in [0.2, 0.25) is 0 Å². The zero-order valence-corrected chi connectivity index (χ0v) is 27.0. The zero-order valence-electron chi connectivity index (χ0n) is 22.5. The van der Waals surface area contributed by atoms with Crippen molar-refractivity contribution < 1.29 is 9.47 Å². The number of rotatable bonds is 2. The summed E-state index contributed by atoms with van der Waals surface area (Å²) in [6.45, 7) is 0. The van der Waals surface area contributed by atoms with Crippen molar-refractivity contribution >= 4 is 48.9 Å². The molecular weight excluding hydrogens is 626 g/mol. The van der Waals surface area contributed by atoms with Gasteiger partial charge >= 0.3 is 48.9 Å². The Labute approximate surface area is 281 Å². The molecule has 0 aliphatic carbocycles. The van der Waals surface area contributed by atoms with Crippen LogP contribution in [0.25, 0.3) is 0 Å². The first-order chi connectivity index (χ1) is 19.9. The second-order valence-electron chi connectivity index (χ2n) is 9.86. The Morgan fingerprint density at radius 2 is 0.756 bits per heavy atom. The number of hydrogen-bond donors (Lipinski definition) is 0. The van der Waals surface area contributed by atoms with E-state index in [9.17, 15) is 0 Å². The van der Waals surface area contributed by atoms with Crippen LogP contribution < -0.4 is 9.47 Å². The molecule has 0 bridgehead atoms. The van der Waals surface area contributed by atoms with Crippen LogP contribution in [-0.2, 0) is 0 Å². The third-order valence-corrected chi connectivity index (χ3v) is 7.44. The molecule has 2 atom stereocenters. The van der Waals surface area contributed by atoms with Gasteiger partial charge in [-0.05, 0) is 23.3 Å². The van der Waals surface area contributed by atoms with Crippen LogP contribution in [0.3, 0.4) is 0 Å². The van der Waals surface area contributed by atoms with Crippen molar-refractivity contribution in [3.05, 3.63) is 191 Å². The maximum atomic E-state index is 6.00. The van der Waals surface area contributed by atoms with E-state index < -0.39 is 0 Å². The van der Waals surface area contributed by atoms with E-state index in [4.69, 9.17) is 9.47 Å². The van der Waals surface area contributed by atoms with Crippen molar-refractivity contribution in [1.82, 2.24) is 0 Å². The third kappa shape index (κ3) is 5.54. The first-order valence-electron chi connectivity index (χ1n) is 13.5. The first-order valence-corrected chi connectivity index (χ1v) is 13.5. The molecule has 0 amide bonds. The van der Waals surface area contributed by atoms with Gasteiger partial charge in [-0.1, -0.05) is 97.1 Å². The van der Waals surface area contributed by atoms with Crippen LogP contribution in [0.15, 0.2) is 146 Å². The Bertz CT molecular complexity index is 1540. The molecule has 2 unspecified atom stereocenters. The van der Waals surface area contributed by atoms with Gasteiger partial charge in [-0.15, -0.1) is 23.3 Å². The molecule has 41 heavy (non-hydrogen) atoms. The van der Waals surface area contributed by atoms with Gasteiger partial charge in [0.1, 0.15) is 11.5 Å². The summed E-state index contributed by atoms with van der Waals surface area (Å²) in [6, 6.07) is 56.1. The molecule has 0 spiro atoms. The molecular formula is C38H26BaO2. The van der Waals surface area contributed by atoms with Gasteiger partial charge < -0.3 is 9.47 Å². The van der Waals surface area contributed by atoms with Gasteiger partial charge in [-0.3, -0.25) is 0 Å². The normalized spacial score (nSPS) is 15.5. The van der Waals surface area contributed by atoms with Crippen molar-refractivity contribution in [3.63, 3.8) is 0 Å². The van der Waals surface area contributed by atoms with Crippen LogP contribution in [0.1, 0.15) is 45.2 Å². The molecule has 6 aromatic rings. The molecule has 0 N–H and O–H groups in total. The maximum Gasteiger partial charge on any atom is 2.00 e. The minimum absolute atomic E-state index is 0. The molecule has 6 aromatic carbocycles. The Balaban J connectivity index is 0.000000144. The van der Waals surface area contributed by atoms with E-state index in [-0.39, 0.29) is 60.7 Å². The van der Waals surface area contributed by atoms with E-state index in [1.807, 2.05) is 72.8 Å². The molecule has 2 aliphatic heterocycles. The second-order valence-corrected chi connectivity index (χ2v) is 9.86. The Morgan fingerprint density at radius 3 is 1.20 bits per heavy atom. The average molecular weight is 652 g/mol. The molecule has 0 saturated heterocycles. The molecule has 0 aromatic heterocycles. The molecule has 2 heterocycles. The summed E-state index contributed by atoms with van der Waals surface area (Å²) in [5.41, 5.74) is 7.16. The Kier molecular flexibility index (Phi) is 8.47. The molecule has 192 valence electrons. The van der Waals surface area contributed by atoms with Crippen LogP contribution in [0.2, 0.25) is 0 Å². The van der Waals surface area contributed by atoms with Gasteiger partial charge in [0, 0.05) is 34.5 Å². The van der Waals surface area contributed by atoms with Crippen LogP contribution >= 0.6 is 0 Å². The number of para-hydroxylation sites is 2. The maximum absolute atomic E-state index is 6.00. The monoisotopic (exact) mass is 652 g/mol. The summed E-state index contributed by atoms with van der Waals surface area (Å²) in [7, 11) is 0. The van der Waals surface area contributed by atoms with Gasteiger partial charge in [0.15, 0.2) is 0 Å². The van der Waals surface area contributed by atoms with E-state index in [1.54, 1.807) is 0 Å². The van der Waals surface area contributed by atoms with E-state index in [1.165, 1.54) is 22.3 Å². The Morgan fingerprint density at radius 1 is 0.390 bits per heavy atom. The molecule has 8 rings (SSSR count). The summed E-state index contributed by atoms with van der Waals surface area (Å²) < 4.78 is 12.0. The van der Waals surface area contributed by atoms with E-state index in [0.717, 1.165) is 34.1 Å². The van der Waals surface area contributed by atoms with Crippen molar-refractivity contribution in [1.29, 1.82) is 0 Å². The molecule has 0 saturated carbocycles. The van der Waals surface area contributed by atoms with Gasteiger partial charge in [0.05, 0.1) is 0 Å². The van der Waals surface area contributed by atoms with Crippen LogP contribution in [-0.4, -0.2) is 48.9 Å².